The molecule has 0 aliphatic rings. The molecule has 6 nitrogen and oxygen atoms in total. The highest BCUT2D eigenvalue weighted by Crippen LogP contribution is 2.26. The van der Waals surface area contributed by atoms with Gasteiger partial charge in [-0.25, -0.2) is 4.98 Å². The molecule has 0 saturated heterocycles. The molecule has 0 unspecified atom stereocenters. The van der Waals surface area contributed by atoms with E-state index in [4.69, 9.17) is 22.9 Å². The Morgan fingerprint density at radius 3 is 2.36 bits per heavy atom. The molecule has 14 heavy (non-hydrogen) atoms. The van der Waals surface area contributed by atoms with Crippen LogP contribution in [0, 0.1) is 0 Å². The van der Waals surface area contributed by atoms with Crippen molar-refractivity contribution in [1.29, 1.82) is 0 Å². The number of hydrogen-bond acceptors (Lipinski definition) is 6. The van der Waals surface area contributed by atoms with E-state index < -0.39 is 0 Å². The molecule has 0 atom stereocenters. The second-order valence-electron chi connectivity index (χ2n) is 2.97. The first kappa shape index (κ1) is 8.36. The highest BCUT2D eigenvalue weighted by Gasteiger charge is 2.06. The first-order valence-electron chi connectivity index (χ1n) is 3.95. The topological polar surface area (TPSA) is 130 Å². The van der Waals surface area contributed by atoms with Gasteiger partial charge in [0.2, 0.25) is 5.95 Å². The number of hydrogen-bond donors (Lipinski definition) is 4. The molecule has 6 heteroatoms. The zero-order chi connectivity index (χ0) is 10.3. The van der Waals surface area contributed by atoms with Gasteiger partial charge in [-0.1, -0.05) is 0 Å². The standard InChI is InChI=1S/C8H10N6/c9-3-1-4-6(5(10)2-3)13-8(12)14-7(4)11/h1-2H,9-10H2,(H4,11,12,13,14). The van der Waals surface area contributed by atoms with Gasteiger partial charge in [-0.2, -0.15) is 4.98 Å². The normalized spacial score (nSPS) is 10.6. The summed E-state index contributed by atoms with van der Waals surface area (Å²) in [5, 5.41) is 0.622. The Hall–Kier alpha value is -2.24. The molecule has 1 aromatic heterocycles. The molecule has 0 aliphatic carbocycles. The van der Waals surface area contributed by atoms with Gasteiger partial charge in [0.1, 0.15) is 11.3 Å². The van der Waals surface area contributed by atoms with Gasteiger partial charge >= 0.3 is 0 Å². The van der Waals surface area contributed by atoms with E-state index in [1.807, 2.05) is 0 Å². The molecular formula is C8H10N6. The van der Waals surface area contributed by atoms with Crippen LogP contribution in [-0.2, 0) is 0 Å². The van der Waals surface area contributed by atoms with Crippen LogP contribution in [0.4, 0.5) is 23.1 Å². The number of rotatable bonds is 0. The largest absolute Gasteiger partial charge is 0.399 e. The summed E-state index contributed by atoms with van der Waals surface area (Å²) in [5.41, 5.74) is 23.9. The maximum Gasteiger partial charge on any atom is 0.222 e. The average molecular weight is 190 g/mol. The Morgan fingerprint density at radius 2 is 1.64 bits per heavy atom. The summed E-state index contributed by atoms with van der Waals surface area (Å²) in [5.74, 6) is 0.387. The third kappa shape index (κ3) is 1.13. The molecule has 72 valence electrons. The van der Waals surface area contributed by atoms with Crippen LogP contribution in [-0.4, -0.2) is 9.97 Å². The van der Waals surface area contributed by atoms with Crippen molar-refractivity contribution in [2.45, 2.75) is 0 Å². The summed E-state index contributed by atoms with van der Waals surface area (Å²) in [6.07, 6.45) is 0. The second kappa shape index (κ2) is 2.63. The van der Waals surface area contributed by atoms with Crippen LogP contribution in [0.25, 0.3) is 10.9 Å². The summed E-state index contributed by atoms with van der Waals surface area (Å²) in [7, 11) is 0. The number of nitrogens with two attached hydrogens (primary N) is 4. The van der Waals surface area contributed by atoms with Gasteiger partial charge in [-0.05, 0) is 12.1 Å². The Kier molecular flexibility index (Phi) is 1.57. The van der Waals surface area contributed by atoms with Crippen LogP contribution < -0.4 is 22.9 Å². The van der Waals surface area contributed by atoms with Crippen molar-refractivity contribution in [3.8, 4) is 0 Å². The van der Waals surface area contributed by atoms with Crippen molar-refractivity contribution >= 4 is 34.0 Å². The maximum atomic E-state index is 5.71. The lowest BCUT2D eigenvalue weighted by Crippen LogP contribution is -2.03. The molecule has 0 amide bonds. The minimum Gasteiger partial charge on any atom is -0.399 e. The Bertz CT molecular complexity index is 459. The third-order valence-corrected chi connectivity index (χ3v) is 1.90. The first-order valence-corrected chi connectivity index (χ1v) is 3.95. The summed E-state index contributed by atoms with van der Waals surface area (Å²) in [4.78, 5) is 7.80. The summed E-state index contributed by atoms with van der Waals surface area (Å²) >= 11 is 0. The highest BCUT2D eigenvalue weighted by atomic mass is 15.0. The van der Waals surface area contributed by atoms with Crippen LogP contribution in [0.5, 0.6) is 0 Å². The van der Waals surface area contributed by atoms with Crippen molar-refractivity contribution in [1.82, 2.24) is 9.97 Å². The van der Waals surface area contributed by atoms with E-state index in [0.29, 0.717) is 22.3 Å². The molecule has 0 fully saturated rings. The molecule has 0 spiro atoms. The molecule has 0 aliphatic heterocycles. The molecule has 1 aromatic carbocycles. The van der Waals surface area contributed by atoms with Gasteiger partial charge in [0.15, 0.2) is 0 Å². The lowest BCUT2D eigenvalue weighted by Gasteiger charge is -2.05. The Balaban J connectivity index is 2.94. The summed E-state index contributed by atoms with van der Waals surface area (Å²) in [6, 6.07) is 3.27. The van der Waals surface area contributed by atoms with Crippen LogP contribution in [0.3, 0.4) is 0 Å². The number of anilines is 4. The number of fused-ring (bicyclic) bond motifs is 1. The predicted molar refractivity (Wildman–Crippen MR) is 57.2 cm³/mol. The fourth-order valence-corrected chi connectivity index (χ4v) is 1.32. The molecular weight excluding hydrogens is 180 g/mol. The van der Waals surface area contributed by atoms with E-state index in [1.54, 1.807) is 12.1 Å². The van der Waals surface area contributed by atoms with Crippen LogP contribution in [0.1, 0.15) is 0 Å². The monoisotopic (exact) mass is 190 g/mol. The molecule has 1 heterocycles. The molecule has 2 aromatic rings. The van der Waals surface area contributed by atoms with Crippen molar-refractivity contribution in [2.24, 2.45) is 0 Å². The fourth-order valence-electron chi connectivity index (χ4n) is 1.32. The molecule has 0 radical (unpaired) electrons. The van der Waals surface area contributed by atoms with Crippen molar-refractivity contribution in [3.05, 3.63) is 12.1 Å². The number of nitrogen functional groups attached to an aromatic ring is 4. The van der Waals surface area contributed by atoms with Crippen molar-refractivity contribution in [3.63, 3.8) is 0 Å². The number of aromatic nitrogens is 2. The van der Waals surface area contributed by atoms with Crippen LogP contribution in [0.2, 0.25) is 0 Å². The quantitative estimate of drug-likeness (QED) is 0.431. The van der Waals surface area contributed by atoms with E-state index in [2.05, 4.69) is 9.97 Å². The molecule has 0 bridgehead atoms. The molecule has 8 N–H and O–H groups in total. The third-order valence-electron chi connectivity index (χ3n) is 1.90. The predicted octanol–water partition coefficient (Wildman–Crippen LogP) is -0.0414. The van der Waals surface area contributed by atoms with Gasteiger partial charge in [0.25, 0.3) is 0 Å². The summed E-state index contributed by atoms with van der Waals surface area (Å²) in [6.45, 7) is 0. The van der Waals surface area contributed by atoms with E-state index in [9.17, 15) is 0 Å². The lowest BCUT2D eigenvalue weighted by molar-refractivity contribution is 1.25. The van der Waals surface area contributed by atoms with Crippen molar-refractivity contribution in [2.75, 3.05) is 22.9 Å². The Morgan fingerprint density at radius 1 is 0.929 bits per heavy atom. The fraction of sp³-hybridized carbons (Fsp3) is 0. The summed E-state index contributed by atoms with van der Waals surface area (Å²) < 4.78 is 0. The van der Waals surface area contributed by atoms with Gasteiger partial charge < -0.3 is 22.9 Å². The van der Waals surface area contributed by atoms with Gasteiger partial charge in [0.05, 0.1) is 5.69 Å². The highest BCUT2D eigenvalue weighted by molar-refractivity contribution is 5.98. The minimum absolute atomic E-state index is 0.103. The van der Waals surface area contributed by atoms with E-state index in [0.717, 1.165) is 0 Å². The Labute approximate surface area is 79.9 Å². The number of nitrogens with zero attached hydrogens (tertiary/aromatic N) is 2. The van der Waals surface area contributed by atoms with E-state index >= 15 is 0 Å². The number of benzene rings is 1. The lowest BCUT2D eigenvalue weighted by atomic mass is 10.2. The average Bonchev–Trinajstić information content (AvgIpc) is 2.07. The maximum absolute atomic E-state index is 5.71. The zero-order valence-corrected chi connectivity index (χ0v) is 7.36. The van der Waals surface area contributed by atoms with Gasteiger partial charge in [-0.15, -0.1) is 0 Å². The smallest absolute Gasteiger partial charge is 0.222 e. The molecule has 0 saturated carbocycles. The van der Waals surface area contributed by atoms with Gasteiger partial charge in [0, 0.05) is 11.1 Å². The second-order valence-corrected chi connectivity index (χ2v) is 2.97. The molecule has 2 rings (SSSR count). The van der Waals surface area contributed by atoms with Gasteiger partial charge in [-0.3, -0.25) is 0 Å². The first-order chi connectivity index (χ1) is 6.58. The SMILES string of the molecule is Nc1cc(N)c2nc(N)nc(N)c2c1. The van der Waals surface area contributed by atoms with E-state index in [1.165, 1.54) is 0 Å². The van der Waals surface area contributed by atoms with Crippen LogP contribution >= 0.6 is 0 Å². The zero-order valence-electron chi connectivity index (χ0n) is 7.36. The van der Waals surface area contributed by atoms with E-state index in [-0.39, 0.29) is 11.8 Å². The minimum atomic E-state index is 0.103. The van der Waals surface area contributed by atoms with Crippen molar-refractivity contribution < 1.29 is 0 Å². The van der Waals surface area contributed by atoms with Crippen LogP contribution in [0.15, 0.2) is 12.1 Å².